The highest BCUT2D eigenvalue weighted by atomic mass is 16.5. The second kappa shape index (κ2) is 14.2. The average Bonchev–Trinajstić information content (AvgIpc) is 3.05. The summed E-state index contributed by atoms with van der Waals surface area (Å²) in [5, 5.41) is 3.53. The third-order valence-corrected chi connectivity index (χ3v) is 6.62. The summed E-state index contributed by atoms with van der Waals surface area (Å²) in [4.78, 5) is 34.5. The fourth-order valence-corrected chi connectivity index (χ4v) is 4.37. The van der Waals surface area contributed by atoms with Crippen molar-refractivity contribution in [2.45, 2.75) is 13.2 Å². The lowest BCUT2D eigenvalue weighted by Gasteiger charge is -2.17. The van der Waals surface area contributed by atoms with E-state index in [0.717, 1.165) is 17.2 Å². The first-order chi connectivity index (χ1) is 21.5. The number of hydrogen-bond acceptors (Lipinski definition) is 11. The van der Waals surface area contributed by atoms with Crippen LogP contribution in [0.5, 0.6) is 23.0 Å². The molecular weight excluding hydrogens is 566 g/mol. The molecule has 1 aliphatic carbocycles. The van der Waals surface area contributed by atoms with E-state index in [9.17, 15) is 9.59 Å². The van der Waals surface area contributed by atoms with Crippen molar-refractivity contribution in [1.82, 2.24) is 9.97 Å². The molecule has 0 amide bonds. The van der Waals surface area contributed by atoms with Crippen LogP contribution in [-0.4, -0.2) is 56.1 Å². The van der Waals surface area contributed by atoms with Crippen LogP contribution in [0.2, 0.25) is 0 Å². The third-order valence-electron chi connectivity index (χ3n) is 6.62. The molecule has 3 aromatic carbocycles. The molecular formula is C33H31N3O8. The van der Waals surface area contributed by atoms with Gasteiger partial charge in [-0.05, 0) is 29.3 Å². The van der Waals surface area contributed by atoms with Crippen molar-refractivity contribution < 1.29 is 38.0 Å². The van der Waals surface area contributed by atoms with Crippen LogP contribution in [0.3, 0.4) is 0 Å². The molecule has 1 aromatic heterocycles. The van der Waals surface area contributed by atoms with Gasteiger partial charge in [-0.2, -0.15) is 0 Å². The largest absolute Gasteiger partial charge is 0.493 e. The molecule has 1 N–H and O–H groups in total. The van der Waals surface area contributed by atoms with Crippen molar-refractivity contribution in [2.75, 3.05) is 39.9 Å². The van der Waals surface area contributed by atoms with Gasteiger partial charge in [0.05, 0.1) is 32.0 Å². The lowest BCUT2D eigenvalue weighted by atomic mass is 10.1. The lowest BCUT2D eigenvalue weighted by molar-refractivity contribution is -0.117. The predicted molar refractivity (Wildman–Crippen MR) is 162 cm³/mol. The van der Waals surface area contributed by atoms with Crippen LogP contribution >= 0.6 is 0 Å². The Kier molecular flexibility index (Phi) is 9.68. The number of fused-ring (bicyclic) bond motifs is 1. The molecule has 0 bridgehead atoms. The highest BCUT2D eigenvalue weighted by molar-refractivity contribution is 6.20. The number of hydrogen-bond donors (Lipinski definition) is 1. The van der Waals surface area contributed by atoms with E-state index in [-0.39, 0.29) is 18.1 Å². The fraction of sp³-hybridized carbons (Fsp3) is 0.212. The molecule has 4 aromatic rings. The Morgan fingerprint density at radius 1 is 0.682 bits per heavy atom. The molecule has 0 saturated heterocycles. The summed E-state index contributed by atoms with van der Waals surface area (Å²) >= 11 is 0. The van der Waals surface area contributed by atoms with Crippen molar-refractivity contribution in [3.63, 3.8) is 0 Å². The lowest BCUT2D eigenvalue weighted by Crippen LogP contribution is -2.20. The van der Waals surface area contributed by atoms with Crippen molar-refractivity contribution in [1.29, 1.82) is 0 Å². The van der Waals surface area contributed by atoms with Crippen LogP contribution in [0.4, 0.5) is 5.82 Å². The third kappa shape index (κ3) is 7.13. The zero-order valence-electron chi connectivity index (χ0n) is 24.5. The average molecular weight is 598 g/mol. The van der Waals surface area contributed by atoms with Crippen molar-refractivity contribution in [2.24, 2.45) is 0 Å². The first-order valence-electron chi connectivity index (χ1n) is 13.7. The van der Waals surface area contributed by atoms with Gasteiger partial charge < -0.3 is 33.7 Å². The van der Waals surface area contributed by atoms with E-state index in [1.165, 1.54) is 19.5 Å². The fourth-order valence-electron chi connectivity index (χ4n) is 4.37. The maximum Gasteiger partial charge on any atom is 0.222 e. The molecule has 226 valence electrons. The monoisotopic (exact) mass is 597 g/mol. The first kappa shape index (κ1) is 30.1. The molecule has 0 unspecified atom stereocenters. The summed E-state index contributed by atoms with van der Waals surface area (Å²) in [6.07, 6.45) is 3.69. The zero-order chi connectivity index (χ0) is 30.9. The van der Waals surface area contributed by atoms with Gasteiger partial charge in [-0.1, -0.05) is 36.4 Å². The SMILES string of the molecule is COCCOc1cc2ncnc(NC3=CC(=O)C(OCc4ccc(OCc5ccccc5)c(OC)c4)=CC3=O)c2cc1OC. The number of benzene rings is 3. The molecule has 5 rings (SSSR count). The highest BCUT2D eigenvalue weighted by Crippen LogP contribution is 2.35. The Bertz CT molecular complexity index is 1720. The molecule has 1 aliphatic rings. The normalized spacial score (nSPS) is 12.8. The number of carbonyl (C=O) groups is 2. The quantitative estimate of drug-likeness (QED) is 0.159. The van der Waals surface area contributed by atoms with Crippen molar-refractivity contribution >= 4 is 28.3 Å². The van der Waals surface area contributed by atoms with E-state index in [0.29, 0.717) is 59.5 Å². The topological polar surface area (TPSA) is 127 Å². The summed E-state index contributed by atoms with van der Waals surface area (Å²) in [6.45, 7) is 1.17. The second-order valence-corrected chi connectivity index (χ2v) is 9.55. The zero-order valence-corrected chi connectivity index (χ0v) is 24.5. The van der Waals surface area contributed by atoms with Crippen LogP contribution in [0, 0.1) is 0 Å². The van der Waals surface area contributed by atoms with Crippen molar-refractivity contribution in [3.8, 4) is 23.0 Å². The summed E-state index contributed by atoms with van der Waals surface area (Å²) in [6, 6.07) is 18.6. The minimum atomic E-state index is -0.466. The molecule has 0 saturated carbocycles. The van der Waals surface area contributed by atoms with Gasteiger partial charge in [0.25, 0.3) is 0 Å². The van der Waals surface area contributed by atoms with Gasteiger partial charge in [0.2, 0.25) is 11.6 Å². The number of carbonyl (C=O) groups excluding carboxylic acids is 2. The summed E-state index contributed by atoms with van der Waals surface area (Å²) in [7, 11) is 4.65. The van der Waals surface area contributed by atoms with Crippen LogP contribution in [-0.2, 0) is 32.3 Å². The van der Waals surface area contributed by atoms with Crippen LogP contribution in [0.25, 0.3) is 10.9 Å². The van der Waals surface area contributed by atoms with Gasteiger partial charge in [0, 0.05) is 30.7 Å². The maximum atomic E-state index is 13.0. The van der Waals surface area contributed by atoms with Crippen LogP contribution in [0.1, 0.15) is 11.1 Å². The number of methoxy groups -OCH3 is 3. The van der Waals surface area contributed by atoms with E-state index in [4.69, 9.17) is 28.4 Å². The van der Waals surface area contributed by atoms with Crippen LogP contribution in [0.15, 0.2) is 90.6 Å². The molecule has 0 spiro atoms. The number of rotatable bonds is 14. The number of nitrogens with zero attached hydrogens (tertiary/aromatic N) is 2. The Labute approximate surface area is 254 Å². The van der Waals surface area contributed by atoms with E-state index >= 15 is 0 Å². The summed E-state index contributed by atoms with van der Waals surface area (Å²) in [5.74, 6) is 1.38. The molecule has 1 heterocycles. The van der Waals surface area contributed by atoms with Gasteiger partial charge in [-0.15, -0.1) is 0 Å². The minimum absolute atomic E-state index is 0.0436. The number of nitrogens with one attached hydrogen (secondary N) is 1. The van der Waals surface area contributed by atoms with Gasteiger partial charge in [-0.25, -0.2) is 9.97 Å². The van der Waals surface area contributed by atoms with Crippen LogP contribution < -0.4 is 24.3 Å². The molecule has 0 aliphatic heterocycles. The van der Waals surface area contributed by atoms with E-state index in [1.807, 2.05) is 36.4 Å². The summed E-state index contributed by atoms with van der Waals surface area (Å²) < 4.78 is 33.4. The van der Waals surface area contributed by atoms with Gasteiger partial charge >= 0.3 is 0 Å². The minimum Gasteiger partial charge on any atom is -0.493 e. The molecule has 0 fully saturated rings. The van der Waals surface area contributed by atoms with Gasteiger partial charge in [0.15, 0.2) is 28.8 Å². The Morgan fingerprint density at radius 2 is 1.45 bits per heavy atom. The maximum absolute atomic E-state index is 13.0. The molecule has 0 atom stereocenters. The molecule has 0 radical (unpaired) electrons. The standard InChI is InChI=1S/C33H31N3O8/c1-39-11-12-42-32-16-24-23(14-31(32)41-3)33(35-20-34-24)36-25-15-27(38)29(17-26(25)37)44-19-22-9-10-28(30(13-22)40-2)43-18-21-7-5-4-6-8-21/h4-10,13-17,20H,11-12,18-19H2,1-3H3,(H,34,35,36). The van der Waals surface area contributed by atoms with E-state index < -0.39 is 11.6 Å². The highest BCUT2D eigenvalue weighted by Gasteiger charge is 2.23. The molecule has 44 heavy (non-hydrogen) atoms. The molecule has 11 nitrogen and oxygen atoms in total. The smallest absolute Gasteiger partial charge is 0.222 e. The summed E-state index contributed by atoms with van der Waals surface area (Å²) in [5.41, 5.74) is 2.36. The Hall–Kier alpha value is -5.42. The van der Waals surface area contributed by atoms with Gasteiger partial charge in [0.1, 0.15) is 32.0 Å². The number of ketones is 2. The predicted octanol–water partition coefficient (Wildman–Crippen LogP) is 4.80. The van der Waals surface area contributed by atoms with E-state index in [2.05, 4.69) is 15.3 Å². The number of anilines is 1. The number of ether oxygens (including phenoxy) is 6. The second-order valence-electron chi connectivity index (χ2n) is 9.55. The van der Waals surface area contributed by atoms with Crippen molar-refractivity contribution in [3.05, 3.63) is 102 Å². The Balaban J connectivity index is 1.24. The number of allylic oxidation sites excluding steroid dienone is 2. The molecule has 11 heteroatoms. The van der Waals surface area contributed by atoms with E-state index in [1.54, 1.807) is 38.5 Å². The first-order valence-corrected chi connectivity index (χ1v) is 13.7. The van der Waals surface area contributed by atoms with Gasteiger partial charge in [-0.3, -0.25) is 9.59 Å². The Morgan fingerprint density at radius 3 is 2.23 bits per heavy atom. The number of aromatic nitrogens is 2.